The lowest BCUT2D eigenvalue weighted by molar-refractivity contribution is -0.671. The molecule has 0 aliphatic carbocycles. The summed E-state index contributed by atoms with van der Waals surface area (Å²) in [4.78, 5) is 0. The van der Waals surface area contributed by atoms with Crippen molar-refractivity contribution in [3.63, 3.8) is 0 Å². The third-order valence-electron chi connectivity index (χ3n) is 3.02. The van der Waals surface area contributed by atoms with Gasteiger partial charge in [0.25, 0.3) is 0 Å². The molecule has 0 atom stereocenters. The zero-order chi connectivity index (χ0) is 13.5. The van der Waals surface area contributed by atoms with Gasteiger partial charge in [0.05, 0.1) is 17.3 Å². The van der Waals surface area contributed by atoms with Gasteiger partial charge in [-0.15, -0.1) is 0 Å². The number of hydrogen-bond donors (Lipinski definition) is 1. The lowest BCUT2D eigenvalue weighted by Crippen LogP contribution is -3.00. The minimum Gasteiger partial charge on any atom is -1.00 e. The first-order valence-electron chi connectivity index (χ1n) is 6.83. The summed E-state index contributed by atoms with van der Waals surface area (Å²) in [5.74, 6) is 0.910. The second-order valence-electron chi connectivity index (χ2n) is 4.71. The maximum Gasteiger partial charge on any atom is 0.178 e. The van der Waals surface area contributed by atoms with E-state index < -0.39 is 0 Å². The Balaban J connectivity index is 0.00000200. The summed E-state index contributed by atoms with van der Waals surface area (Å²) in [7, 11) is 2.02. The lowest BCUT2D eigenvalue weighted by Gasteiger charge is -2.04. The average molecular weight is 404 g/mol. The van der Waals surface area contributed by atoms with Gasteiger partial charge >= 0.3 is 0 Å². The molecule has 2 heterocycles. The Labute approximate surface area is 142 Å². The first-order chi connectivity index (χ1) is 9.31. The van der Waals surface area contributed by atoms with E-state index in [9.17, 15) is 0 Å². The molecule has 2 aromatic heterocycles. The Bertz CT molecular complexity index is 515. The molecule has 0 unspecified atom stereocenters. The van der Waals surface area contributed by atoms with Crippen LogP contribution >= 0.6 is 11.7 Å². The molecule has 6 heteroatoms. The molecule has 0 radical (unpaired) electrons. The molecule has 0 bridgehead atoms. The average Bonchev–Trinajstić information content (AvgIpc) is 2.87. The van der Waals surface area contributed by atoms with Crippen LogP contribution in [-0.2, 0) is 7.05 Å². The minimum absolute atomic E-state index is 0. The Morgan fingerprint density at radius 2 is 2.10 bits per heavy atom. The summed E-state index contributed by atoms with van der Waals surface area (Å²) in [5, 5.41) is 3.40. The molecule has 110 valence electrons. The highest BCUT2D eigenvalue weighted by atomic mass is 127. The number of nitrogens with zero attached hydrogens (tertiary/aromatic N) is 3. The highest BCUT2D eigenvalue weighted by molar-refractivity contribution is 6.99. The molecule has 1 N–H and O–H groups in total. The number of rotatable bonds is 7. The van der Waals surface area contributed by atoms with Crippen molar-refractivity contribution in [2.45, 2.75) is 32.6 Å². The van der Waals surface area contributed by atoms with E-state index in [1.54, 1.807) is 0 Å². The van der Waals surface area contributed by atoms with Gasteiger partial charge in [-0.3, -0.25) is 0 Å². The van der Waals surface area contributed by atoms with Gasteiger partial charge in [0.2, 0.25) is 0 Å². The summed E-state index contributed by atoms with van der Waals surface area (Å²) in [5.41, 5.74) is 2.06. The van der Waals surface area contributed by atoms with Gasteiger partial charge in [0.1, 0.15) is 12.7 Å². The van der Waals surface area contributed by atoms with E-state index in [0.29, 0.717) is 0 Å². The van der Waals surface area contributed by atoms with Gasteiger partial charge in [-0.1, -0.05) is 26.2 Å². The maximum atomic E-state index is 4.40. The number of hydrogen-bond acceptors (Lipinski definition) is 4. The SMILES string of the molecule is CCCCCCNc1nsnc1-c1ccc[n+](C)c1.[I-]. The van der Waals surface area contributed by atoms with Crippen molar-refractivity contribution in [3.8, 4) is 11.3 Å². The van der Waals surface area contributed by atoms with E-state index in [4.69, 9.17) is 0 Å². The van der Waals surface area contributed by atoms with Crippen molar-refractivity contribution in [1.29, 1.82) is 0 Å². The molecule has 0 aliphatic heterocycles. The van der Waals surface area contributed by atoms with Crippen LogP contribution in [0.15, 0.2) is 24.5 Å². The van der Waals surface area contributed by atoms with Crippen molar-refractivity contribution in [2.24, 2.45) is 7.05 Å². The first-order valence-corrected chi connectivity index (χ1v) is 7.56. The van der Waals surface area contributed by atoms with Crippen molar-refractivity contribution in [3.05, 3.63) is 24.5 Å². The number of unbranched alkanes of at least 4 members (excludes halogenated alkanes) is 3. The molecule has 0 aliphatic rings. The van der Waals surface area contributed by atoms with Crippen LogP contribution in [0.3, 0.4) is 0 Å². The number of anilines is 1. The van der Waals surface area contributed by atoms with E-state index in [2.05, 4.69) is 33.3 Å². The molecule has 0 spiro atoms. The van der Waals surface area contributed by atoms with Gasteiger partial charge in [-0.25, -0.2) is 4.57 Å². The highest BCUT2D eigenvalue weighted by Gasteiger charge is 2.12. The van der Waals surface area contributed by atoms with Crippen LogP contribution in [0.1, 0.15) is 32.6 Å². The summed E-state index contributed by atoms with van der Waals surface area (Å²) in [6.07, 6.45) is 9.12. The molecular weight excluding hydrogens is 383 g/mol. The summed E-state index contributed by atoms with van der Waals surface area (Å²) in [6, 6.07) is 4.10. The third-order valence-corrected chi connectivity index (χ3v) is 3.55. The van der Waals surface area contributed by atoms with Crippen LogP contribution in [0.2, 0.25) is 0 Å². The fourth-order valence-electron chi connectivity index (χ4n) is 1.98. The maximum absolute atomic E-state index is 4.40. The monoisotopic (exact) mass is 404 g/mol. The lowest BCUT2D eigenvalue weighted by atomic mass is 10.2. The smallest absolute Gasteiger partial charge is 0.178 e. The number of pyridine rings is 1. The number of aryl methyl sites for hydroxylation is 1. The molecule has 0 saturated carbocycles. The van der Waals surface area contributed by atoms with Crippen LogP contribution in [-0.4, -0.2) is 15.3 Å². The molecule has 0 amide bonds. The minimum atomic E-state index is 0. The molecule has 2 rings (SSSR count). The predicted molar refractivity (Wildman–Crippen MR) is 79.2 cm³/mol. The molecule has 0 fully saturated rings. The van der Waals surface area contributed by atoms with Crippen LogP contribution in [0.25, 0.3) is 11.3 Å². The van der Waals surface area contributed by atoms with Crippen molar-refractivity contribution < 1.29 is 28.5 Å². The Hall–Kier alpha value is -0.760. The second-order valence-corrected chi connectivity index (χ2v) is 5.24. The normalized spacial score (nSPS) is 10.1. The Morgan fingerprint density at radius 3 is 2.85 bits per heavy atom. The van der Waals surface area contributed by atoms with Crippen LogP contribution in [0.4, 0.5) is 5.82 Å². The van der Waals surface area contributed by atoms with Crippen molar-refractivity contribution in [2.75, 3.05) is 11.9 Å². The molecule has 0 saturated heterocycles. The van der Waals surface area contributed by atoms with Crippen LogP contribution < -0.4 is 33.9 Å². The van der Waals surface area contributed by atoms with E-state index in [-0.39, 0.29) is 24.0 Å². The number of aromatic nitrogens is 3. The fourth-order valence-corrected chi connectivity index (χ4v) is 2.53. The van der Waals surface area contributed by atoms with Gasteiger partial charge in [0.15, 0.2) is 18.2 Å². The Kier molecular flexibility index (Phi) is 7.98. The zero-order valence-corrected chi connectivity index (χ0v) is 14.9. The van der Waals surface area contributed by atoms with E-state index in [1.807, 2.05) is 23.9 Å². The zero-order valence-electron chi connectivity index (χ0n) is 12.0. The quantitative estimate of drug-likeness (QED) is 0.402. The topological polar surface area (TPSA) is 41.7 Å². The third kappa shape index (κ3) is 4.97. The van der Waals surface area contributed by atoms with Gasteiger partial charge < -0.3 is 29.3 Å². The first kappa shape index (κ1) is 17.3. The standard InChI is InChI=1S/C14H21N4S.HI/c1-3-4-5-6-9-15-14-13(16-19-17-14)12-8-7-10-18(2)11-12;/h7-8,10-11H,3-6,9H2,1-2H3,(H,15,17);1H/q+1;/p-1. The number of halogens is 1. The number of nitrogens with one attached hydrogen (secondary N) is 1. The second kappa shape index (κ2) is 9.23. The van der Waals surface area contributed by atoms with Gasteiger partial charge in [-0.2, -0.15) is 8.75 Å². The fraction of sp³-hybridized carbons (Fsp3) is 0.500. The van der Waals surface area contributed by atoms with Crippen molar-refractivity contribution in [1.82, 2.24) is 8.75 Å². The van der Waals surface area contributed by atoms with Crippen molar-refractivity contribution >= 4 is 17.5 Å². The molecule has 4 nitrogen and oxygen atoms in total. The van der Waals surface area contributed by atoms with Gasteiger partial charge in [-0.05, 0) is 12.5 Å². The highest BCUT2D eigenvalue weighted by Crippen LogP contribution is 2.24. The summed E-state index contributed by atoms with van der Waals surface area (Å²) >= 11 is 1.26. The molecule has 20 heavy (non-hydrogen) atoms. The predicted octanol–water partition coefficient (Wildman–Crippen LogP) is 0.0258. The largest absolute Gasteiger partial charge is 1.00 e. The summed E-state index contributed by atoms with van der Waals surface area (Å²) < 4.78 is 10.8. The van der Waals surface area contributed by atoms with Crippen LogP contribution in [0.5, 0.6) is 0 Å². The van der Waals surface area contributed by atoms with E-state index in [0.717, 1.165) is 23.6 Å². The summed E-state index contributed by atoms with van der Waals surface area (Å²) in [6.45, 7) is 3.20. The van der Waals surface area contributed by atoms with Gasteiger partial charge in [0, 0.05) is 12.6 Å². The van der Waals surface area contributed by atoms with Crippen LogP contribution in [0, 0.1) is 0 Å². The molecular formula is C14H21IN4S. The van der Waals surface area contributed by atoms with E-state index in [1.165, 1.54) is 37.4 Å². The molecule has 2 aromatic rings. The van der Waals surface area contributed by atoms with E-state index >= 15 is 0 Å². The molecule has 0 aromatic carbocycles. The Morgan fingerprint density at radius 1 is 1.25 bits per heavy atom.